The molecule has 0 radical (unpaired) electrons. The average Bonchev–Trinajstić information content (AvgIpc) is 3.46. The Labute approximate surface area is 151 Å². The number of hydrogen-bond acceptors (Lipinski definition) is 4. The Balaban J connectivity index is 1.84. The number of rotatable bonds is 7. The zero-order valence-electron chi connectivity index (χ0n) is 13.9. The Bertz CT molecular complexity index is 859. The fourth-order valence-electron chi connectivity index (χ4n) is 2.52. The van der Waals surface area contributed by atoms with E-state index in [4.69, 9.17) is 4.84 Å². The molecule has 3 N–H and O–H groups in total. The van der Waals surface area contributed by atoms with Crippen LogP contribution in [0.2, 0.25) is 0 Å². The van der Waals surface area contributed by atoms with Gasteiger partial charge in [0.2, 0.25) is 0 Å². The molecule has 2 aromatic rings. The van der Waals surface area contributed by atoms with Gasteiger partial charge in [0.05, 0.1) is 23.5 Å². The van der Waals surface area contributed by atoms with Gasteiger partial charge < -0.3 is 10.4 Å². The molecule has 1 amide bonds. The van der Waals surface area contributed by atoms with Crippen molar-refractivity contribution in [3.63, 3.8) is 0 Å². The second-order valence-corrected chi connectivity index (χ2v) is 6.14. The molecule has 27 heavy (non-hydrogen) atoms. The summed E-state index contributed by atoms with van der Waals surface area (Å²) in [5.74, 6) is -5.37. The van der Waals surface area contributed by atoms with Gasteiger partial charge in [-0.25, -0.2) is 23.0 Å². The van der Waals surface area contributed by atoms with E-state index in [2.05, 4.69) is 10.8 Å². The van der Waals surface area contributed by atoms with Crippen LogP contribution in [0.15, 0.2) is 30.3 Å². The first-order valence-electron chi connectivity index (χ1n) is 8.17. The third kappa shape index (κ3) is 4.37. The number of hydroxylamine groups is 1. The van der Waals surface area contributed by atoms with E-state index in [0.29, 0.717) is 6.07 Å². The molecule has 3 rings (SSSR count). The Kier molecular flexibility index (Phi) is 5.62. The van der Waals surface area contributed by atoms with Crippen LogP contribution in [-0.4, -0.2) is 23.7 Å². The fourth-order valence-corrected chi connectivity index (χ4v) is 2.52. The average molecular weight is 384 g/mol. The molecule has 1 atom stereocenters. The summed E-state index contributed by atoms with van der Waals surface area (Å²) in [6, 6.07) is 4.20. The van der Waals surface area contributed by atoms with Gasteiger partial charge in [-0.1, -0.05) is 0 Å². The molecule has 0 aromatic heterocycles. The Morgan fingerprint density at radius 2 is 1.89 bits per heavy atom. The topological polar surface area (TPSA) is 70.6 Å². The molecule has 9 heteroatoms. The highest BCUT2D eigenvalue weighted by Crippen LogP contribution is 2.34. The minimum atomic E-state index is -1.41. The van der Waals surface area contributed by atoms with Crippen molar-refractivity contribution in [3.05, 3.63) is 59.2 Å². The molecule has 1 fully saturated rings. The fraction of sp³-hybridized carbons (Fsp3) is 0.278. The van der Waals surface area contributed by atoms with Crippen LogP contribution >= 0.6 is 0 Å². The second-order valence-electron chi connectivity index (χ2n) is 6.14. The van der Waals surface area contributed by atoms with Crippen molar-refractivity contribution in [2.24, 2.45) is 5.92 Å². The minimum absolute atomic E-state index is 0.117. The molecule has 1 aliphatic rings. The van der Waals surface area contributed by atoms with Crippen LogP contribution in [0.1, 0.15) is 23.2 Å². The number of carbonyl (C=O) groups excluding carboxylic acids is 1. The highest BCUT2D eigenvalue weighted by Gasteiger charge is 2.32. The zero-order chi connectivity index (χ0) is 19.6. The van der Waals surface area contributed by atoms with Crippen LogP contribution in [-0.2, 0) is 4.84 Å². The van der Waals surface area contributed by atoms with Crippen molar-refractivity contribution >= 4 is 17.3 Å². The maximum atomic E-state index is 14.2. The molecule has 0 saturated heterocycles. The van der Waals surface area contributed by atoms with Crippen LogP contribution in [0.3, 0.4) is 0 Å². The lowest BCUT2D eigenvalue weighted by atomic mass is 10.1. The number of halogens is 4. The molecule has 1 saturated carbocycles. The number of amides is 1. The molecule has 144 valence electrons. The van der Waals surface area contributed by atoms with E-state index in [1.807, 2.05) is 0 Å². The van der Waals surface area contributed by atoms with Crippen molar-refractivity contribution < 1.29 is 32.3 Å². The number of aliphatic hydroxyl groups excluding tert-OH is 1. The number of nitrogens with one attached hydrogen (secondary N) is 2. The van der Waals surface area contributed by atoms with Gasteiger partial charge in [-0.2, -0.15) is 0 Å². The highest BCUT2D eigenvalue weighted by atomic mass is 19.2. The Hall–Kier alpha value is -2.65. The Morgan fingerprint density at radius 1 is 1.15 bits per heavy atom. The van der Waals surface area contributed by atoms with E-state index in [-0.39, 0.29) is 23.8 Å². The Morgan fingerprint density at radius 3 is 2.52 bits per heavy atom. The summed E-state index contributed by atoms with van der Waals surface area (Å²) in [5, 5.41) is 11.5. The number of hydrogen-bond donors (Lipinski definition) is 3. The molecule has 2 aromatic carbocycles. The standard InChI is InChI=1S/C18H16F4N2O3/c19-10-3-6-14(13(21)7-10)23-17-11(4-5-12(20)16(17)22)18(26)24-27-15(8-25)9-1-2-9/h3-7,9,15,23,25H,1-2,8H2,(H,24,26). The normalized spacial score (nSPS) is 14.7. The number of anilines is 2. The van der Waals surface area contributed by atoms with Crippen LogP contribution < -0.4 is 10.8 Å². The monoisotopic (exact) mass is 384 g/mol. The molecule has 5 nitrogen and oxygen atoms in total. The van der Waals surface area contributed by atoms with Gasteiger partial charge >= 0.3 is 0 Å². The van der Waals surface area contributed by atoms with Crippen molar-refractivity contribution in [1.82, 2.24) is 5.48 Å². The third-order valence-corrected chi connectivity index (χ3v) is 4.16. The summed E-state index contributed by atoms with van der Waals surface area (Å²) in [5.41, 5.74) is 0.753. The molecule has 1 aliphatic carbocycles. The molecule has 0 heterocycles. The van der Waals surface area contributed by atoms with E-state index >= 15 is 0 Å². The largest absolute Gasteiger partial charge is 0.394 e. The quantitative estimate of drug-likeness (QED) is 0.505. The lowest BCUT2D eigenvalue weighted by Crippen LogP contribution is -2.33. The van der Waals surface area contributed by atoms with Crippen molar-refractivity contribution in [1.29, 1.82) is 0 Å². The van der Waals surface area contributed by atoms with Gasteiger partial charge in [0.1, 0.15) is 17.7 Å². The van der Waals surface area contributed by atoms with Crippen LogP contribution in [0.25, 0.3) is 0 Å². The maximum absolute atomic E-state index is 14.2. The van der Waals surface area contributed by atoms with E-state index in [9.17, 15) is 27.5 Å². The van der Waals surface area contributed by atoms with E-state index in [1.165, 1.54) is 0 Å². The van der Waals surface area contributed by atoms with Crippen molar-refractivity contribution in [2.75, 3.05) is 11.9 Å². The molecule has 0 bridgehead atoms. The summed E-state index contributed by atoms with van der Waals surface area (Å²) < 4.78 is 54.7. The molecule has 0 spiro atoms. The number of carbonyl (C=O) groups is 1. The molecule has 1 unspecified atom stereocenters. The molecular formula is C18H16F4N2O3. The minimum Gasteiger partial charge on any atom is -0.394 e. The SMILES string of the molecule is O=C(NOC(CO)C1CC1)c1ccc(F)c(F)c1Nc1ccc(F)cc1F. The van der Waals surface area contributed by atoms with Crippen LogP contribution in [0.5, 0.6) is 0 Å². The van der Waals surface area contributed by atoms with Crippen molar-refractivity contribution in [3.8, 4) is 0 Å². The van der Waals surface area contributed by atoms with Gasteiger partial charge in [0.15, 0.2) is 11.6 Å². The zero-order valence-corrected chi connectivity index (χ0v) is 13.9. The number of aliphatic hydroxyl groups is 1. The predicted octanol–water partition coefficient (Wildman–Crippen LogP) is 3.42. The molecule has 0 aliphatic heterocycles. The van der Waals surface area contributed by atoms with Gasteiger partial charge in [-0.3, -0.25) is 9.63 Å². The summed E-state index contributed by atoms with van der Waals surface area (Å²) in [7, 11) is 0. The lowest BCUT2D eigenvalue weighted by molar-refractivity contribution is -0.0497. The smallest absolute Gasteiger partial charge is 0.277 e. The van der Waals surface area contributed by atoms with Gasteiger partial charge in [-0.15, -0.1) is 0 Å². The maximum Gasteiger partial charge on any atom is 0.277 e. The summed E-state index contributed by atoms with van der Waals surface area (Å²) >= 11 is 0. The number of benzene rings is 2. The van der Waals surface area contributed by atoms with Crippen LogP contribution in [0, 0.1) is 29.2 Å². The summed E-state index contributed by atoms with van der Waals surface area (Å²) in [6.45, 7) is -0.311. The second kappa shape index (κ2) is 7.93. The van der Waals surface area contributed by atoms with Gasteiger partial charge in [0, 0.05) is 6.07 Å². The first kappa shape index (κ1) is 19.1. The third-order valence-electron chi connectivity index (χ3n) is 4.16. The molecular weight excluding hydrogens is 368 g/mol. The summed E-state index contributed by atoms with van der Waals surface area (Å²) in [6.07, 6.45) is 1.09. The van der Waals surface area contributed by atoms with Crippen molar-refractivity contribution in [2.45, 2.75) is 18.9 Å². The predicted molar refractivity (Wildman–Crippen MR) is 88.1 cm³/mol. The first-order chi connectivity index (χ1) is 12.9. The van der Waals surface area contributed by atoms with E-state index < -0.39 is 41.0 Å². The van der Waals surface area contributed by atoms with E-state index in [1.54, 1.807) is 0 Å². The summed E-state index contributed by atoms with van der Waals surface area (Å²) in [4.78, 5) is 17.5. The van der Waals surface area contributed by atoms with E-state index in [0.717, 1.165) is 37.1 Å². The van der Waals surface area contributed by atoms with Gasteiger partial charge in [-0.05, 0) is 43.0 Å². The van der Waals surface area contributed by atoms with Crippen LogP contribution in [0.4, 0.5) is 28.9 Å². The first-order valence-corrected chi connectivity index (χ1v) is 8.17. The van der Waals surface area contributed by atoms with Gasteiger partial charge in [0.25, 0.3) is 5.91 Å². The highest BCUT2D eigenvalue weighted by molar-refractivity contribution is 6.00. The lowest BCUT2D eigenvalue weighted by Gasteiger charge is -2.17.